The lowest BCUT2D eigenvalue weighted by Crippen LogP contribution is -2.38. The second-order valence-electron chi connectivity index (χ2n) is 4.63. The third-order valence-electron chi connectivity index (χ3n) is 3.06. The Morgan fingerprint density at radius 1 is 1.60 bits per heavy atom. The summed E-state index contributed by atoms with van der Waals surface area (Å²) in [5.41, 5.74) is -0.204. The van der Waals surface area contributed by atoms with Crippen LogP contribution in [-0.2, 0) is 14.8 Å². The van der Waals surface area contributed by atoms with Gasteiger partial charge in [0.05, 0.1) is 6.42 Å². The van der Waals surface area contributed by atoms with Gasteiger partial charge < -0.3 is 5.11 Å². The predicted molar refractivity (Wildman–Crippen MR) is 68.0 cm³/mol. The van der Waals surface area contributed by atoms with E-state index in [1.807, 2.05) is 0 Å². The zero-order valence-electron chi connectivity index (χ0n) is 10.5. The SMILES string of the molecule is N#Cc1ncccc1S(=O)(=O)NC(CC(=O)O)C1CC1. The molecule has 1 aliphatic carbocycles. The standard InChI is InChI=1S/C12H13N3O4S/c13-7-10-11(2-1-5-14-10)20(18,19)15-9(6-12(16)17)8-3-4-8/h1-2,5,8-9,15H,3-4,6H2,(H,16,17). The zero-order chi connectivity index (χ0) is 14.8. The summed E-state index contributed by atoms with van der Waals surface area (Å²) in [6.07, 6.45) is 2.66. The number of nitriles is 1. The number of hydrogen-bond acceptors (Lipinski definition) is 5. The number of sulfonamides is 1. The minimum atomic E-state index is -3.95. The molecule has 7 nitrogen and oxygen atoms in total. The van der Waals surface area contributed by atoms with Gasteiger partial charge in [-0.25, -0.2) is 18.1 Å². The molecule has 1 heterocycles. The number of carboxylic acid groups (broad SMARTS) is 1. The summed E-state index contributed by atoms with van der Waals surface area (Å²) in [7, 11) is -3.95. The summed E-state index contributed by atoms with van der Waals surface area (Å²) in [6, 6.07) is 3.76. The Hall–Kier alpha value is -1.98. The van der Waals surface area contributed by atoms with Gasteiger partial charge in [-0.05, 0) is 30.9 Å². The van der Waals surface area contributed by atoms with Gasteiger partial charge >= 0.3 is 5.97 Å². The molecule has 0 saturated heterocycles. The number of rotatable bonds is 6. The summed E-state index contributed by atoms with van der Waals surface area (Å²) < 4.78 is 26.9. The lowest BCUT2D eigenvalue weighted by Gasteiger charge is -2.16. The van der Waals surface area contributed by atoms with E-state index in [-0.39, 0.29) is 22.9 Å². The van der Waals surface area contributed by atoms with Gasteiger partial charge in [-0.15, -0.1) is 0 Å². The van der Waals surface area contributed by atoms with E-state index in [0.717, 1.165) is 12.8 Å². The van der Waals surface area contributed by atoms with Crippen LogP contribution in [0.1, 0.15) is 25.0 Å². The molecule has 1 fully saturated rings. The minimum absolute atomic E-state index is 0.0445. The third-order valence-corrected chi connectivity index (χ3v) is 4.58. The fourth-order valence-electron chi connectivity index (χ4n) is 1.95. The Balaban J connectivity index is 2.26. The van der Waals surface area contributed by atoms with Crippen molar-refractivity contribution in [3.05, 3.63) is 24.0 Å². The Morgan fingerprint density at radius 2 is 2.30 bits per heavy atom. The molecule has 1 atom stereocenters. The normalized spacial score (nSPS) is 16.4. The van der Waals surface area contributed by atoms with E-state index in [1.54, 1.807) is 6.07 Å². The Kier molecular flexibility index (Phi) is 4.01. The van der Waals surface area contributed by atoms with Crippen molar-refractivity contribution in [2.45, 2.75) is 30.2 Å². The summed E-state index contributed by atoms with van der Waals surface area (Å²) in [5, 5.41) is 17.7. The Bertz CT molecular complexity index is 662. The highest BCUT2D eigenvalue weighted by Gasteiger charge is 2.36. The molecule has 0 amide bonds. The molecular formula is C12H13N3O4S. The molecule has 1 aliphatic rings. The van der Waals surface area contributed by atoms with Gasteiger partial charge in [0.1, 0.15) is 11.0 Å². The molecule has 20 heavy (non-hydrogen) atoms. The second-order valence-corrected chi connectivity index (χ2v) is 6.31. The quantitative estimate of drug-likeness (QED) is 0.787. The molecule has 1 aromatic rings. The van der Waals surface area contributed by atoms with Crippen molar-refractivity contribution >= 4 is 16.0 Å². The van der Waals surface area contributed by atoms with Gasteiger partial charge in [0.25, 0.3) is 0 Å². The van der Waals surface area contributed by atoms with Crippen LogP contribution in [0.5, 0.6) is 0 Å². The van der Waals surface area contributed by atoms with Crippen molar-refractivity contribution in [1.29, 1.82) is 5.26 Å². The van der Waals surface area contributed by atoms with Gasteiger partial charge in [0.15, 0.2) is 5.69 Å². The number of aromatic nitrogens is 1. The van der Waals surface area contributed by atoms with Crippen LogP contribution in [0.3, 0.4) is 0 Å². The number of hydrogen-bond donors (Lipinski definition) is 2. The van der Waals surface area contributed by atoms with E-state index in [9.17, 15) is 13.2 Å². The molecular weight excluding hydrogens is 282 g/mol. The highest BCUT2D eigenvalue weighted by molar-refractivity contribution is 7.89. The van der Waals surface area contributed by atoms with Gasteiger partial charge in [-0.1, -0.05) is 0 Å². The molecule has 0 aromatic carbocycles. The molecule has 0 aliphatic heterocycles. The average Bonchev–Trinajstić information content (AvgIpc) is 3.21. The first-order chi connectivity index (χ1) is 9.44. The number of nitrogens with one attached hydrogen (secondary N) is 1. The lowest BCUT2D eigenvalue weighted by atomic mass is 10.1. The second kappa shape index (κ2) is 5.56. The van der Waals surface area contributed by atoms with Crippen LogP contribution in [0.2, 0.25) is 0 Å². The Labute approximate surface area is 116 Å². The predicted octanol–water partition coefficient (Wildman–Crippen LogP) is 0.485. The van der Waals surface area contributed by atoms with Crippen LogP contribution in [-0.4, -0.2) is 30.5 Å². The van der Waals surface area contributed by atoms with Crippen molar-refractivity contribution in [1.82, 2.24) is 9.71 Å². The third kappa shape index (κ3) is 3.31. The fraction of sp³-hybridized carbons (Fsp3) is 0.417. The van der Waals surface area contributed by atoms with Gasteiger partial charge in [0, 0.05) is 12.2 Å². The molecule has 2 N–H and O–H groups in total. The van der Waals surface area contributed by atoms with Crippen LogP contribution in [0.15, 0.2) is 23.2 Å². The molecule has 0 radical (unpaired) electrons. The minimum Gasteiger partial charge on any atom is -0.481 e. The van der Waals surface area contributed by atoms with E-state index in [4.69, 9.17) is 10.4 Å². The molecule has 0 spiro atoms. The molecule has 1 saturated carbocycles. The fourth-order valence-corrected chi connectivity index (χ4v) is 3.36. The summed E-state index contributed by atoms with van der Waals surface area (Å²) in [4.78, 5) is 14.3. The van der Waals surface area contributed by atoms with Crippen LogP contribution < -0.4 is 4.72 Å². The monoisotopic (exact) mass is 295 g/mol. The van der Waals surface area contributed by atoms with Gasteiger partial charge in [-0.2, -0.15) is 5.26 Å². The highest BCUT2D eigenvalue weighted by atomic mass is 32.2. The molecule has 106 valence electrons. The number of pyridine rings is 1. The zero-order valence-corrected chi connectivity index (χ0v) is 11.3. The van der Waals surface area contributed by atoms with Crippen LogP contribution >= 0.6 is 0 Å². The van der Waals surface area contributed by atoms with E-state index >= 15 is 0 Å². The van der Waals surface area contributed by atoms with Crippen molar-refractivity contribution < 1.29 is 18.3 Å². The molecule has 0 bridgehead atoms. The average molecular weight is 295 g/mol. The maximum atomic E-state index is 12.2. The largest absolute Gasteiger partial charge is 0.481 e. The van der Waals surface area contributed by atoms with Crippen molar-refractivity contribution in [2.75, 3.05) is 0 Å². The first-order valence-electron chi connectivity index (χ1n) is 6.03. The van der Waals surface area contributed by atoms with Crippen molar-refractivity contribution in [3.63, 3.8) is 0 Å². The van der Waals surface area contributed by atoms with Gasteiger partial charge in [0.2, 0.25) is 10.0 Å². The van der Waals surface area contributed by atoms with Crippen LogP contribution in [0.25, 0.3) is 0 Å². The smallest absolute Gasteiger partial charge is 0.304 e. The molecule has 1 aromatic heterocycles. The maximum absolute atomic E-state index is 12.2. The summed E-state index contributed by atoms with van der Waals surface area (Å²) in [5.74, 6) is -1.01. The van der Waals surface area contributed by atoms with Gasteiger partial charge in [-0.3, -0.25) is 4.79 Å². The first-order valence-corrected chi connectivity index (χ1v) is 7.51. The molecule has 2 rings (SSSR count). The number of carbonyl (C=O) groups is 1. The number of carboxylic acids is 1. The molecule has 8 heteroatoms. The van der Waals surface area contributed by atoms with Crippen molar-refractivity contribution in [2.24, 2.45) is 5.92 Å². The first kappa shape index (κ1) is 14.4. The molecule has 1 unspecified atom stereocenters. The summed E-state index contributed by atoms with van der Waals surface area (Å²) in [6.45, 7) is 0. The highest BCUT2D eigenvalue weighted by Crippen LogP contribution is 2.34. The van der Waals surface area contributed by atoms with E-state index in [1.165, 1.54) is 18.3 Å². The van der Waals surface area contributed by atoms with E-state index in [2.05, 4.69) is 9.71 Å². The Morgan fingerprint density at radius 3 is 2.85 bits per heavy atom. The van der Waals surface area contributed by atoms with Crippen LogP contribution in [0.4, 0.5) is 0 Å². The lowest BCUT2D eigenvalue weighted by molar-refractivity contribution is -0.137. The number of nitrogens with zero attached hydrogens (tertiary/aromatic N) is 2. The van der Waals surface area contributed by atoms with E-state index in [0.29, 0.717) is 0 Å². The topological polar surface area (TPSA) is 120 Å². The maximum Gasteiger partial charge on any atom is 0.304 e. The number of aliphatic carboxylic acids is 1. The van der Waals surface area contributed by atoms with E-state index < -0.39 is 22.0 Å². The van der Waals surface area contributed by atoms with Crippen molar-refractivity contribution in [3.8, 4) is 6.07 Å². The summed E-state index contributed by atoms with van der Waals surface area (Å²) >= 11 is 0. The van der Waals surface area contributed by atoms with Crippen LogP contribution in [0, 0.1) is 17.2 Å².